The van der Waals surface area contributed by atoms with Crippen molar-refractivity contribution in [1.82, 2.24) is 5.32 Å². The lowest BCUT2D eigenvalue weighted by Crippen LogP contribution is -3.07. The summed E-state index contributed by atoms with van der Waals surface area (Å²) in [6.07, 6.45) is -4.87. The van der Waals surface area contributed by atoms with E-state index < -0.39 is 23.7 Å². The normalized spacial score (nSPS) is 13.2. The molecule has 1 atom stereocenters. The van der Waals surface area contributed by atoms with Crippen LogP contribution in [0.25, 0.3) is 0 Å². The zero-order valence-electron chi connectivity index (χ0n) is 16.7. The molecule has 162 valence electrons. The number of hydrogen-bond acceptors (Lipinski definition) is 4. The molecule has 0 saturated carbocycles. The summed E-state index contributed by atoms with van der Waals surface area (Å²) in [6, 6.07) is 14.2. The molecule has 0 unspecified atom stereocenters. The number of carbonyl (C=O) groups is 2. The van der Waals surface area contributed by atoms with Crippen LogP contribution >= 0.6 is 0 Å². The Bertz CT molecular complexity index is 842. The number of ether oxygens (including phenoxy) is 2. The molecule has 2 aromatic rings. The first-order chi connectivity index (χ1) is 14.2. The van der Waals surface area contributed by atoms with Gasteiger partial charge < -0.3 is 14.8 Å². The Morgan fingerprint density at radius 1 is 1.03 bits per heavy atom. The number of methoxy groups -OCH3 is 1. The molecular formula is C21H24F3N2O4+. The predicted octanol–water partition coefficient (Wildman–Crippen LogP) is 2.05. The van der Waals surface area contributed by atoms with Crippen molar-refractivity contribution in [3.05, 3.63) is 65.7 Å². The van der Waals surface area contributed by atoms with Gasteiger partial charge in [-0.2, -0.15) is 13.2 Å². The lowest BCUT2D eigenvalue weighted by atomic mass is 10.1. The van der Waals surface area contributed by atoms with E-state index in [1.807, 2.05) is 5.32 Å². The summed E-state index contributed by atoms with van der Waals surface area (Å²) >= 11 is 0. The Labute approximate surface area is 172 Å². The summed E-state index contributed by atoms with van der Waals surface area (Å²) in [5.74, 6) is -1.98. The van der Waals surface area contributed by atoms with Gasteiger partial charge in [-0.15, -0.1) is 0 Å². The highest BCUT2D eigenvalue weighted by molar-refractivity contribution is 5.97. The number of hydrogen-bond donors (Lipinski definition) is 2. The fourth-order valence-corrected chi connectivity index (χ4v) is 2.82. The SMILES string of the molecule is CCOC(=O)[C@@](NC(=O)c1ccccc1)([NH2+]CCc1ccc(OC)cc1)C(F)(F)F. The van der Waals surface area contributed by atoms with Crippen LogP contribution in [0.5, 0.6) is 5.75 Å². The van der Waals surface area contributed by atoms with Gasteiger partial charge in [-0.3, -0.25) is 10.1 Å². The third kappa shape index (κ3) is 5.50. The molecule has 30 heavy (non-hydrogen) atoms. The van der Waals surface area contributed by atoms with Crippen molar-refractivity contribution in [2.24, 2.45) is 0 Å². The highest BCUT2D eigenvalue weighted by Gasteiger charge is 2.67. The molecule has 2 aromatic carbocycles. The van der Waals surface area contributed by atoms with Crippen LogP contribution in [0.15, 0.2) is 54.6 Å². The highest BCUT2D eigenvalue weighted by Crippen LogP contribution is 2.27. The smallest absolute Gasteiger partial charge is 0.478 e. The van der Waals surface area contributed by atoms with Crippen LogP contribution < -0.4 is 15.4 Å². The third-order valence-electron chi connectivity index (χ3n) is 4.43. The number of alkyl halides is 3. The lowest BCUT2D eigenvalue weighted by Gasteiger charge is -2.31. The van der Waals surface area contributed by atoms with Crippen LogP contribution in [0.2, 0.25) is 0 Å². The standard InChI is InChI=1S/C21H23F3N2O4/c1-3-30-19(28)20(21(22,23)24,26-18(27)16-7-5-4-6-8-16)25-14-13-15-9-11-17(29-2)12-10-15/h4-12,25H,3,13-14H2,1-2H3,(H,26,27)/p+1/t20-/m0/s1. The van der Waals surface area contributed by atoms with E-state index in [2.05, 4.69) is 4.74 Å². The molecule has 0 saturated heterocycles. The number of esters is 1. The van der Waals surface area contributed by atoms with Crippen molar-refractivity contribution in [1.29, 1.82) is 0 Å². The molecule has 0 aliphatic rings. The summed E-state index contributed by atoms with van der Waals surface area (Å²) in [4.78, 5) is 24.9. The summed E-state index contributed by atoms with van der Waals surface area (Å²) < 4.78 is 52.0. The Balaban J connectivity index is 2.26. The van der Waals surface area contributed by atoms with Gasteiger partial charge in [0, 0.05) is 12.0 Å². The number of nitrogens with one attached hydrogen (secondary N) is 1. The highest BCUT2D eigenvalue weighted by atomic mass is 19.4. The Kier molecular flexibility index (Phi) is 7.82. The second kappa shape index (κ2) is 10.1. The first-order valence-corrected chi connectivity index (χ1v) is 9.32. The Morgan fingerprint density at radius 3 is 2.20 bits per heavy atom. The number of quaternary nitrogens is 1. The van der Waals surface area contributed by atoms with Crippen LogP contribution in [-0.2, 0) is 16.0 Å². The summed E-state index contributed by atoms with van der Waals surface area (Å²) in [7, 11) is 1.51. The zero-order valence-corrected chi connectivity index (χ0v) is 16.7. The molecule has 6 nitrogen and oxygen atoms in total. The molecule has 0 aliphatic heterocycles. The zero-order chi connectivity index (χ0) is 22.2. The molecule has 1 amide bonds. The van der Waals surface area contributed by atoms with E-state index in [9.17, 15) is 22.8 Å². The third-order valence-corrected chi connectivity index (χ3v) is 4.43. The second-order valence-electron chi connectivity index (χ2n) is 6.44. The van der Waals surface area contributed by atoms with Gasteiger partial charge in [0.25, 0.3) is 5.91 Å². The van der Waals surface area contributed by atoms with Crippen molar-refractivity contribution in [3.63, 3.8) is 0 Å². The van der Waals surface area contributed by atoms with E-state index in [1.54, 1.807) is 30.3 Å². The second-order valence-corrected chi connectivity index (χ2v) is 6.44. The van der Waals surface area contributed by atoms with Crippen molar-refractivity contribution >= 4 is 11.9 Å². The number of halogens is 3. The number of nitrogens with two attached hydrogens (primary N) is 1. The van der Waals surface area contributed by atoms with E-state index in [1.165, 1.54) is 38.3 Å². The Morgan fingerprint density at radius 2 is 1.67 bits per heavy atom. The van der Waals surface area contributed by atoms with Crippen molar-refractivity contribution in [2.75, 3.05) is 20.3 Å². The van der Waals surface area contributed by atoms with Crippen LogP contribution in [0, 0.1) is 0 Å². The minimum Gasteiger partial charge on any atom is -0.497 e. The molecule has 0 aromatic heterocycles. The molecule has 0 fully saturated rings. The minimum absolute atomic E-state index is 0.000946. The first-order valence-electron chi connectivity index (χ1n) is 9.32. The summed E-state index contributed by atoms with van der Waals surface area (Å²) in [5.41, 5.74) is -2.51. The van der Waals surface area contributed by atoms with Gasteiger partial charge in [0.15, 0.2) is 0 Å². The van der Waals surface area contributed by atoms with Crippen LogP contribution in [0.3, 0.4) is 0 Å². The molecular weight excluding hydrogens is 401 g/mol. The van der Waals surface area contributed by atoms with Crippen LogP contribution in [0.4, 0.5) is 13.2 Å². The monoisotopic (exact) mass is 425 g/mol. The maximum Gasteiger partial charge on any atom is 0.478 e. The van der Waals surface area contributed by atoms with Gasteiger partial charge in [0.05, 0.1) is 20.3 Å². The van der Waals surface area contributed by atoms with Crippen LogP contribution in [0.1, 0.15) is 22.8 Å². The van der Waals surface area contributed by atoms with Gasteiger partial charge >= 0.3 is 17.8 Å². The van der Waals surface area contributed by atoms with Gasteiger partial charge in [-0.05, 0) is 36.8 Å². The minimum atomic E-state index is -5.09. The summed E-state index contributed by atoms with van der Waals surface area (Å²) in [5, 5.41) is 2.62. The average molecular weight is 425 g/mol. The van der Waals surface area contributed by atoms with E-state index in [0.717, 1.165) is 10.9 Å². The van der Waals surface area contributed by atoms with Gasteiger partial charge in [-0.25, -0.2) is 4.79 Å². The molecule has 0 spiro atoms. The fourth-order valence-electron chi connectivity index (χ4n) is 2.82. The van der Waals surface area contributed by atoms with Crippen molar-refractivity contribution in [2.45, 2.75) is 25.2 Å². The summed E-state index contributed by atoms with van der Waals surface area (Å²) in [6.45, 7) is 1.01. The Hall–Kier alpha value is -3.07. The number of benzene rings is 2. The van der Waals surface area contributed by atoms with Crippen molar-refractivity contribution < 1.29 is 37.6 Å². The molecule has 9 heteroatoms. The average Bonchev–Trinajstić information content (AvgIpc) is 2.73. The van der Waals surface area contributed by atoms with E-state index in [-0.39, 0.29) is 25.1 Å². The van der Waals surface area contributed by atoms with E-state index in [4.69, 9.17) is 4.74 Å². The molecule has 2 rings (SSSR count). The van der Waals surface area contributed by atoms with Gasteiger partial charge in [-0.1, -0.05) is 30.3 Å². The van der Waals surface area contributed by atoms with Crippen molar-refractivity contribution in [3.8, 4) is 5.75 Å². The molecule has 0 bridgehead atoms. The predicted molar refractivity (Wildman–Crippen MR) is 103 cm³/mol. The van der Waals surface area contributed by atoms with Gasteiger partial charge in [0.2, 0.25) is 0 Å². The maximum atomic E-state index is 14.1. The molecule has 3 N–H and O–H groups in total. The number of amides is 1. The number of rotatable bonds is 9. The van der Waals surface area contributed by atoms with E-state index >= 15 is 0 Å². The molecule has 0 aliphatic carbocycles. The number of carbonyl (C=O) groups excluding carboxylic acids is 2. The topological polar surface area (TPSA) is 81.2 Å². The molecule has 0 radical (unpaired) electrons. The largest absolute Gasteiger partial charge is 0.497 e. The first kappa shape index (κ1) is 23.2. The van der Waals surface area contributed by atoms with Crippen LogP contribution in [-0.4, -0.2) is 44.0 Å². The van der Waals surface area contributed by atoms with E-state index in [0.29, 0.717) is 5.75 Å². The quantitative estimate of drug-likeness (QED) is 0.476. The lowest BCUT2D eigenvalue weighted by molar-refractivity contribution is -0.743. The molecule has 0 heterocycles. The fraction of sp³-hybridized carbons (Fsp3) is 0.333. The van der Waals surface area contributed by atoms with Gasteiger partial charge in [0.1, 0.15) is 5.75 Å². The maximum absolute atomic E-state index is 14.1.